The number of nitrogens with one attached hydrogen (secondary N) is 2. The van der Waals surface area contributed by atoms with Crippen LogP contribution >= 0.6 is 0 Å². The second-order valence-corrected chi connectivity index (χ2v) is 6.26. The minimum atomic E-state index is 0.959. The van der Waals surface area contributed by atoms with Crippen LogP contribution in [0, 0.1) is 0 Å². The molecule has 0 atom stereocenters. The minimum absolute atomic E-state index is 0.959. The van der Waals surface area contributed by atoms with Gasteiger partial charge in [0.05, 0.1) is 11.7 Å². The topological polar surface area (TPSA) is 48.8 Å². The van der Waals surface area contributed by atoms with Crippen molar-refractivity contribution in [3.05, 3.63) is 0 Å². The normalized spacial score (nSPS) is 12.5. The fraction of sp³-hybridized carbons (Fsp3) is 0.895. The molecule has 0 aliphatic carbocycles. The SMILES string of the molecule is CCCCCC/N=C(\C)NCCCN/C(C)=N/CCCCCC. The largest absolute Gasteiger partial charge is 0.374 e. The zero-order valence-electron chi connectivity index (χ0n) is 16.1. The van der Waals surface area contributed by atoms with Crippen LogP contribution in [-0.2, 0) is 0 Å². The van der Waals surface area contributed by atoms with E-state index >= 15 is 0 Å². The summed E-state index contributed by atoms with van der Waals surface area (Å²) in [6, 6.07) is 0. The van der Waals surface area contributed by atoms with Gasteiger partial charge in [-0.2, -0.15) is 0 Å². The highest BCUT2D eigenvalue weighted by molar-refractivity contribution is 5.80. The van der Waals surface area contributed by atoms with Gasteiger partial charge in [0, 0.05) is 26.2 Å². The molecule has 23 heavy (non-hydrogen) atoms. The molecule has 0 aliphatic rings. The van der Waals surface area contributed by atoms with Crippen molar-refractivity contribution < 1.29 is 0 Å². The molecule has 0 aromatic carbocycles. The van der Waals surface area contributed by atoms with Gasteiger partial charge in [0.1, 0.15) is 0 Å². The van der Waals surface area contributed by atoms with Gasteiger partial charge in [-0.1, -0.05) is 52.4 Å². The number of hydrogen-bond donors (Lipinski definition) is 2. The molecule has 0 amide bonds. The van der Waals surface area contributed by atoms with Gasteiger partial charge in [0.25, 0.3) is 0 Å². The zero-order valence-corrected chi connectivity index (χ0v) is 16.1. The van der Waals surface area contributed by atoms with Crippen molar-refractivity contribution in [1.29, 1.82) is 0 Å². The first-order valence-corrected chi connectivity index (χ1v) is 9.70. The van der Waals surface area contributed by atoms with Crippen LogP contribution in [0.2, 0.25) is 0 Å². The minimum Gasteiger partial charge on any atom is -0.374 e. The number of amidine groups is 2. The molecule has 0 bridgehead atoms. The van der Waals surface area contributed by atoms with Gasteiger partial charge in [-0.3, -0.25) is 9.98 Å². The molecular formula is C19H40N4. The molecule has 4 heteroatoms. The van der Waals surface area contributed by atoms with Crippen LogP contribution in [0.3, 0.4) is 0 Å². The predicted octanol–water partition coefficient (Wildman–Crippen LogP) is 4.55. The molecule has 0 heterocycles. The highest BCUT2D eigenvalue weighted by Crippen LogP contribution is 1.99. The van der Waals surface area contributed by atoms with Gasteiger partial charge >= 0.3 is 0 Å². The Bertz CT molecular complexity index is 280. The average Bonchev–Trinajstić information content (AvgIpc) is 2.54. The summed E-state index contributed by atoms with van der Waals surface area (Å²) in [7, 11) is 0. The lowest BCUT2D eigenvalue weighted by Gasteiger charge is -2.08. The molecule has 0 saturated carbocycles. The van der Waals surface area contributed by atoms with E-state index in [-0.39, 0.29) is 0 Å². The molecule has 0 aliphatic heterocycles. The molecule has 136 valence electrons. The van der Waals surface area contributed by atoms with E-state index in [4.69, 9.17) is 0 Å². The van der Waals surface area contributed by atoms with E-state index in [0.717, 1.165) is 44.3 Å². The smallest absolute Gasteiger partial charge is 0.0931 e. The van der Waals surface area contributed by atoms with Crippen molar-refractivity contribution in [3.63, 3.8) is 0 Å². The van der Waals surface area contributed by atoms with E-state index in [1.54, 1.807) is 0 Å². The summed E-state index contributed by atoms with van der Waals surface area (Å²) in [5.74, 6) is 2.14. The zero-order chi connectivity index (χ0) is 17.2. The highest BCUT2D eigenvalue weighted by Gasteiger charge is 1.93. The molecule has 0 spiro atoms. The Hall–Kier alpha value is -1.06. The van der Waals surface area contributed by atoms with Crippen LogP contribution in [0.5, 0.6) is 0 Å². The van der Waals surface area contributed by atoms with E-state index in [1.807, 2.05) is 0 Å². The van der Waals surface area contributed by atoms with E-state index in [0.29, 0.717) is 0 Å². The lowest BCUT2D eigenvalue weighted by Crippen LogP contribution is -2.28. The Morgan fingerprint density at radius 2 is 1.04 bits per heavy atom. The summed E-state index contributed by atoms with van der Waals surface area (Å²) in [4.78, 5) is 9.11. The highest BCUT2D eigenvalue weighted by atomic mass is 15.0. The van der Waals surface area contributed by atoms with Crippen molar-refractivity contribution in [2.24, 2.45) is 9.98 Å². The number of unbranched alkanes of at least 4 members (excludes halogenated alkanes) is 6. The third-order valence-electron chi connectivity index (χ3n) is 3.84. The fourth-order valence-corrected chi connectivity index (χ4v) is 2.31. The third kappa shape index (κ3) is 17.1. The Morgan fingerprint density at radius 3 is 1.43 bits per heavy atom. The van der Waals surface area contributed by atoms with Gasteiger partial charge in [0.2, 0.25) is 0 Å². The maximum absolute atomic E-state index is 4.56. The van der Waals surface area contributed by atoms with E-state index in [2.05, 4.69) is 48.3 Å². The summed E-state index contributed by atoms with van der Waals surface area (Å²) in [5.41, 5.74) is 0. The van der Waals surface area contributed by atoms with Crippen LogP contribution in [0.4, 0.5) is 0 Å². The summed E-state index contributed by atoms with van der Waals surface area (Å²) in [6.45, 7) is 12.5. The van der Waals surface area contributed by atoms with Crippen LogP contribution in [0.25, 0.3) is 0 Å². The summed E-state index contributed by atoms with van der Waals surface area (Å²) in [6.07, 6.45) is 11.3. The molecular weight excluding hydrogens is 284 g/mol. The number of nitrogens with zero attached hydrogens (tertiary/aromatic N) is 2. The van der Waals surface area contributed by atoms with Gasteiger partial charge in [0.15, 0.2) is 0 Å². The second kappa shape index (κ2) is 17.3. The molecule has 0 aromatic heterocycles. The van der Waals surface area contributed by atoms with Crippen molar-refractivity contribution in [2.45, 2.75) is 85.5 Å². The van der Waals surface area contributed by atoms with Crippen LogP contribution in [0.1, 0.15) is 85.5 Å². The number of rotatable bonds is 14. The van der Waals surface area contributed by atoms with Crippen molar-refractivity contribution in [2.75, 3.05) is 26.2 Å². The van der Waals surface area contributed by atoms with Crippen molar-refractivity contribution in [3.8, 4) is 0 Å². The lowest BCUT2D eigenvalue weighted by atomic mass is 10.2. The molecule has 0 fully saturated rings. The summed E-state index contributed by atoms with van der Waals surface area (Å²) in [5, 5.41) is 6.77. The molecule has 0 rings (SSSR count). The monoisotopic (exact) mass is 324 g/mol. The predicted molar refractivity (Wildman–Crippen MR) is 105 cm³/mol. The first-order valence-electron chi connectivity index (χ1n) is 9.70. The van der Waals surface area contributed by atoms with Crippen molar-refractivity contribution in [1.82, 2.24) is 10.6 Å². The standard InChI is InChI=1S/C19H40N4/c1-5-7-9-11-14-20-18(3)22-16-13-17-23-19(4)21-15-12-10-8-6-2/h5-17H2,1-4H3,(H,20,22)(H,21,23). The average molecular weight is 325 g/mol. The number of aliphatic imine (C=N–C) groups is 2. The van der Waals surface area contributed by atoms with Crippen LogP contribution in [-0.4, -0.2) is 37.9 Å². The van der Waals surface area contributed by atoms with E-state index in [1.165, 1.54) is 51.4 Å². The van der Waals surface area contributed by atoms with Gasteiger partial charge in [-0.25, -0.2) is 0 Å². The van der Waals surface area contributed by atoms with Gasteiger partial charge < -0.3 is 10.6 Å². The van der Waals surface area contributed by atoms with E-state index < -0.39 is 0 Å². The summed E-state index contributed by atoms with van der Waals surface area (Å²) < 4.78 is 0. The van der Waals surface area contributed by atoms with E-state index in [9.17, 15) is 0 Å². The maximum atomic E-state index is 4.56. The Balaban J connectivity index is 3.48. The molecule has 0 aromatic rings. The second-order valence-electron chi connectivity index (χ2n) is 6.26. The Kier molecular flexibility index (Phi) is 16.5. The first kappa shape index (κ1) is 21.9. The Morgan fingerprint density at radius 1 is 0.609 bits per heavy atom. The summed E-state index contributed by atoms with van der Waals surface area (Å²) >= 11 is 0. The third-order valence-corrected chi connectivity index (χ3v) is 3.84. The van der Waals surface area contributed by atoms with Crippen LogP contribution in [0.15, 0.2) is 9.98 Å². The van der Waals surface area contributed by atoms with Gasteiger partial charge in [-0.15, -0.1) is 0 Å². The molecule has 4 nitrogen and oxygen atoms in total. The quantitative estimate of drug-likeness (QED) is 0.280. The maximum Gasteiger partial charge on any atom is 0.0931 e. The first-order chi connectivity index (χ1) is 11.2. The Labute approximate surface area is 144 Å². The lowest BCUT2D eigenvalue weighted by molar-refractivity contribution is 0.670. The molecule has 2 N–H and O–H groups in total. The van der Waals surface area contributed by atoms with Crippen LogP contribution < -0.4 is 10.6 Å². The number of hydrogen-bond acceptors (Lipinski definition) is 2. The molecule has 0 saturated heterocycles. The molecule has 0 radical (unpaired) electrons. The van der Waals surface area contributed by atoms with Crippen molar-refractivity contribution >= 4 is 11.7 Å². The fourth-order valence-electron chi connectivity index (χ4n) is 2.31. The van der Waals surface area contributed by atoms with Gasteiger partial charge in [-0.05, 0) is 33.1 Å². The molecule has 0 unspecified atom stereocenters.